The zero-order valence-electron chi connectivity index (χ0n) is 10.3. The molecule has 2 rings (SSSR count). The molecule has 0 aliphatic heterocycles. The quantitative estimate of drug-likeness (QED) is 0.586. The minimum atomic E-state index is -0.921. The Morgan fingerprint density at radius 1 is 1.30 bits per heavy atom. The van der Waals surface area contributed by atoms with Gasteiger partial charge in [0.05, 0.1) is 11.4 Å². The van der Waals surface area contributed by atoms with E-state index in [2.05, 4.69) is 15.6 Å². The maximum Gasteiger partial charge on any atom is 0.315 e. The van der Waals surface area contributed by atoms with Crippen LogP contribution in [-0.2, 0) is 9.59 Å². The van der Waals surface area contributed by atoms with Crippen molar-refractivity contribution >= 4 is 45.6 Å². The van der Waals surface area contributed by atoms with Gasteiger partial charge in [0.15, 0.2) is 5.13 Å². The molecule has 0 spiro atoms. The van der Waals surface area contributed by atoms with E-state index in [1.807, 2.05) is 0 Å². The number of amides is 2. The van der Waals surface area contributed by atoms with E-state index in [9.17, 15) is 14.7 Å². The van der Waals surface area contributed by atoms with Crippen molar-refractivity contribution in [3.8, 4) is 5.75 Å². The number of rotatable bonds is 2. The number of aromatic nitrogens is 1. The summed E-state index contributed by atoms with van der Waals surface area (Å²) in [6, 6.07) is 4.13. The number of phenolic OH excluding ortho intramolecular Hbond substituents is 1. The molecule has 0 atom stereocenters. The normalized spacial score (nSPS) is 10.1. The fourth-order valence-corrected chi connectivity index (χ4v) is 2.21. The standard InChI is InChI=1S/C12H10ClN3O3S/c1-6-5-20-12(14-6)16-11(19)10(18)15-8-4-7(13)2-3-9(8)17/h2-5,17H,1H3,(H,15,18)(H,14,16,19). The molecule has 1 aromatic carbocycles. The van der Waals surface area contributed by atoms with Crippen molar-refractivity contribution < 1.29 is 14.7 Å². The van der Waals surface area contributed by atoms with Gasteiger partial charge >= 0.3 is 11.8 Å². The lowest BCUT2D eigenvalue weighted by atomic mass is 10.3. The van der Waals surface area contributed by atoms with Crippen molar-refractivity contribution in [3.05, 3.63) is 34.3 Å². The SMILES string of the molecule is Cc1csc(NC(=O)C(=O)Nc2cc(Cl)ccc2O)n1. The van der Waals surface area contributed by atoms with E-state index in [1.54, 1.807) is 12.3 Å². The van der Waals surface area contributed by atoms with Gasteiger partial charge in [-0.15, -0.1) is 11.3 Å². The number of carbonyl (C=O) groups excluding carboxylic acids is 2. The number of anilines is 2. The molecule has 0 aliphatic rings. The van der Waals surface area contributed by atoms with E-state index in [0.29, 0.717) is 10.2 Å². The van der Waals surface area contributed by atoms with Crippen LogP contribution in [0.4, 0.5) is 10.8 Å². The molecule has 1 heterocycles. The molecule has 8 heteroatoms. The zero-order valence-corrected chi connectivity index (χ0v) is 11.9. The summed E-state index contributed by atoms with van der Waals surface area (Å²) < 4.78 is 0. The number of aryl methyl sites for hydroxylation is 1. The number of thiazole rings is 1. The highest BCUT2D eigenvalue weighted by Crippen LogP contribution is 2.26. The van der Waals surface area contributed by atoms with Crippen molar-refractivity contribution in [2.75, 3.05) is 10.6 Å². The highest BCUT2D eigenvalue weighted by Gasteiger charge is 2.17. The Bertz CT molecular complexity index is 672. The van der Waals surface area contributed by atoms with E-state index in [0.717, 1.165) is 5.69 Å². The highest BCUT2D eigenvalue weighted by molar-refractivity contribution is 7.14. The number of hydrogen-bond donors (Lipinski definition) is 3. The van der Waals surface area contributed by atoms with Gasteiger partial charge in [0.25, 0.3) is 0 Å². The molecule has 3 N–H and O–H groups in total. The molecule has 6 nitrogen and oxygen atoms in total. The summed E-state index contributed by atoms with van der Waals surface area (Å²) in [7, 11) is 0. The molecule has 0 radical (unpaired) electrons. The molecule has 0 bridgehead atoms. The Morgan fingerprint density at radius 3 is 2.65 bits per heavy atom. The van der Waals surface area contributed by atoms with Crippen LogP contribution in [0.15, 0.2) is 23.6 Å². The first kappa shape index (κ1) is 14.3. The fourth-order valence-electron chi connectivity index (χ4n) is 1.35. The average molecular weight is 312 g/mol. The van der Waals surface area contributed by atoms with E-state index >= 15 is 0 Å². The minimum Gasteiger partial charge on any atom is -0.506 e. The lowest BCUT2D eigenvalue weighted by Crippen LogP contribution is -2.29. The van der Waals surface area contributed by atoms with Gasteiger partial charge in [-0.25, -0.2) is 4.98 Å². The summed E-state index contributed by atoms with van der Waals surface area (Å²) in [5.74, 6) is -1.98. The van der Waals surface area contributed by atoms with Crippen molar-refractivity contribution in [1.29, 1.82) is 0 Å². The van der Waals surface area contributed by atoms with Gasteiger partial charge < -0.3 is 10.4 Å². The Kier molecular flexibility index (Phi) is 4.21. The van der Waals surface area contributed by atoms with Gasteiger partial charge in [0.1, 0.15) is 5.75 Å². The Hall–Kier alpha value is -2.12. The predicted octanol–water partition coefficient (Wildman–Crippen LogP) is 2.39. The number of nitrogens with one attached hydrogen (secondary N) is 2. The zero-order chi connectivity index (χ0) is 14.7. The first-order chi connectivity index (χ1) is 9.45. The minimum absolute atomic E-state index is 0.0629. The number of phenols is 1. The third kappa shape index (κ3) is 3.46. The third-order valence-electron chi connectivity index (χ3n) is 2.25. The van der Waals surface area contributed by atoms with Crippen LogP contribution >= 0.6 is 22.9 Å². The van der Waals surface area contributed by atoms with Gasteiger partial charge in [-0.05, 0) is 25.1 Å². The van der Waals surface area contributed by atoms with Crippen LogP contribution < -0.4 is 10.6 Å². The van der Waals surface area contributed by atoms with E-state index < -0.39 is 11.8 Å². The monoisotopic (exact) mass is 311 g/mol. The lowest BCUT2D eigenvalue weighted by Gasteiger charge is -2.07. The molecule has 0 fully saturated rings. The van der Waals surface area contributed by atoms with Crippen LogP contribution in [0, 0.1) is 6.92 Å². The predicted molar refractivity (Wildman–Crippen MR) is 77.2 cm³/mol. The second-order valence-corrected chi connectivity index (χ2v) is 5.16. The summed E-state index contributed by atoms with van der Waals surface area (Å²) in [6.45, 7) is 1.77. The molecule has 0 unspecified atom stereocenters. The maximum atomic E-state index is 11.7. The summed E-state index contributed by atoms with van der Waals surface area (Å²) in [5, 5.41) is 16.6. The number of nitrogens with zero attached hydrogens (tertiary/aromatic N) is 1. The van der Waals surface area contributed by atoms with Crippen molar-refractivity contribution in [1.82, 2.24) is 4.98 Å². The third-order valence-corrected chi connectivity index (χ3v) is 3.36. The summed E-state index contributed by atoms with van der Waals surface area (Å²) in [6.07, 6.45) is 0. The van der Waals surface area contributed by atoms with Gasteiger partial charge in [-0.3, -0.25) is 14.9 Å². The smallest absolute Gasteiger partial charge is 0.315 e. The van der Waals surface area contributed by atoms with Crippen molar-refractivity contribution in [3.63, 3.8) is 0 Å². The molecule has 0 aliphatic carbocycles. The largest absolute Gasteiger partial charge is 0.506 e. The fraction of sp³-hybridized carbons (Fsp3) is 0.0833. The van der Waals surface area contributed by atoms with Crippen LogP contribution in [0.3, 0.4) is 0 Å². The van der Waals surface area contributed by atoms with Crippen molar-refractivity contribution in [2.24, 2.45) is 0 Å². The topological polar surface area (TPSA) is 91.3 Å². The van der Waals surface area contributed by atoms with E-state index in [-0.39, 0.29) is 11.4 Å². The number of carbonyl (C=O) groups is 2. The number of benzene rings is 1. The molecule has 0 saturated carbocycles. The van der Waals surface area contributed by atoms with Crippen LogP contribution in [-0.4, -0.2) is 21.9 Å². The highest BCUT2D eigenvalue weighted by atomic mass is 35.5. The van der Waals surface area contributed by atoms with Gasteiger partial charge in [-0.1, -0.05) is 11.6 Å². The molecule has 1 aromatic heterocycles. The first-order valence-electron chi connectivity index (χ1n) is 5.48. The Labute approximate surface area is 123 Å². The molecular weight excluding hydrogens is 302 g/mol. The maximum absolute atomic E-state index is 11.7. The Balaban J connectivity index is 2.04. The van der Waals surface area contributed by atoms with Crippen LogP contribution in [0.1, 0.15) is 5.69 Å². The van der Waals surface area contributed by atoms with E-state index in [1.165, 1.54) is 29.5 Å². The van der Waals surface area contributed by atoms with E-state index in [4.69, 9.17) is 11.6 Å². The van der Waals surface area contributed by atoms with Crippen LogP contribution in [0.2, 0.25) is 5.02 Å². The second-order valence-electron chi connectivity index (χ2n) is 3.86. The second kappa shape index (κ2) is 5.89. The summed E-state index contributed by atoms with van der Waals surface area (Å²) in [4.78, 5) is 27.3. The average Bonchev–Trinajstić information content (AvgIpc) is 2.79. The molecule has 0 saturated heterocycles. The molecule has 20 heavy (non-hydrogen) atoms. The van der Waals surface area contributed by atoms with Gasteiger partial charge in [0.2, 0.25) is 0 Å². The molecule has 2 amide bonds. The summed E-state index contributed by atoms with van der Waals surface area (Å²) in [5.41, 5.74) is 0.811. The number of aromatic hydroxyl groups is 1. The first-order valence-corrected chi connectivity index (χ1v) is 6.74. The number of halogens is 1. The number of hydrogen-bond acceptors (Lipinski definition) is 5. The lowest BCUT2D eigenvalue weighted by molar-refractivity contribution is -0.133. The van der Waals surface area contributed by atoms with Crippen LogP contribution in [0.25, 0.3) is 0 Å². The molecule has 2 aromatic rings. The summed E-state index contributed by atoms with van der Waals surface area (Å²) >= 11 is 6.95. The van der Waals surface area contributed by atoms with Gasteiger partial charge in [0, 0.05) is 10.4 Å². The molecular formula is C12H10ClN3O3S. The molecule has 104 valence electrons. The van der Waals surface area contributed by atoms with Crippen molar-refractivity contribution in [2.45, 2.75) is 6.92 Å². The van der Waals surface area contributed by atoms with Gasteiger partial charge in [-0.2, -0.15) is 0 Å². The Morgan fingerprint density at radius 2 is 2.00 bits per heavy atom. The van der Waals surface area contributed by atoms with Crippen LogP contribution in [0.5, 0.6) is 5.75 Å².